The molecule has 0 saturated carbocycles. The lowest BCUT2D eigenvalue weighted by Gasteiger charge is -2.25. The molecule has 2 amide bonds. The minimum Gasteiger partial charge on any atom is -0.308 e. The number of aryl methyl sites for hydroxylation is 1. The lowest BCUT2D eigenvalue weighted by Crippen LogP contribution is -2.32. The van der Waals surface area contributed by atoms with Gasteiger partial charge in [0, 0.05) is 38.6 Å². The topological polar surface area (TPSA) is 76.5 Å². The van der Waals surface area contributed by atoms with E-state index in [1.165, 1.54) is 4.90 Å². The Hall–Kier alpha value is -7.18. The van der Waals surface area contributed by atoms with Crippen molar-refractivity contribution in [3.63, 3.8) is 0 Å². The zero-order valence-corrected chi connectivity index (χ0v) is 28.8. The van der Waals surface area contributed by atoms with Gasteiger partial charge >= 0.3 is 0 Å². The van der Waals surface area contributed by atoms with Gasteiger partial charge in [0.1, 0.15) is 6.29 Å². The lowest BCUT2D eigenvalue weighted by atomic mass is 9.94. The molecule has 7 aromatic carbocycles. The lowest BCUT2D eigenvalue weighted by molar-refractivity contribution is -0.106. The number of imide groups is 1. The number of aromatic nitrogens is 1. The highest BCUT2D eigenvalue weighted by molar-refractivity contribution is 6.22. The predicted molar refractivity (Wildman–Crippen MR) is 211 cm³/mol. The van der Waals surface area contributed by atoms with Crippen molar-refractivity contribution in [2.75, 3.05) is 4.90 Å². The minimum absolute atomic E-state index is 0.126. The molecule has 1 aromatic heterocycles. The van der Waals surface area contributed by atoms with Crippen LogP contribution in [-0.4, -0.2) is 29.0 Å². The molecule has 0 aliphatic carbocycles. The highest BCUT2D eigenvalue weighted by Crippen LogP contribution is 2.41. The van der Waals surface area contributed by atoms with Gasteiger partial charge in [-0.1, -0.05) is 121 Å². The Morgan fingerprint density at radius 2 is 1.13 bits per heavy atom. The van der Waals surface area contributed by atoms with Crippen molar-refractivity contribution in [1.29, 1.82) is 0 Å². The van der Waals surface area contributed by atoms with E-state index in [0.29, 0.717) is 45.6 Å². The second-order valence-electron chi connectivity index (χ2n) is 12.8. The molecule has 0 spiro atoms. The second-order valence-corrected chi connectivity index (χ2v) is 12.8. The van der Waals surface area contributed by atoms with Crippen LogP contribution in [0, 0.1) is 6.92 Å². The smallest absolute Gasteiger partial charge is 0.267 e. The molecular formula is C47H32N2O4. The molecule has 0 aliphatic heterocycles. The molecule has 8 aromatic rings. The molecule has 0 bridgehead atoms. The first-order valence-electron chi connectivity index (χ1n) is 17.2. The molecule has 8 rings (SSSR count). The zero-order valence-electron chi connectivity index (χ0n) is 28.8. The van der Waals surface area contributed by atoms with Crippen LogP contribution in [0.5, 0.6) is 0 Å². The Balaban J connectivity index is 1.35. The summed E-state index contributed by atoms with van der Waals surface area (Å²) in [5.41, 5.74) is 8.25. The van der Waals surface area contributed by atoms with Crippen LogP contribution in [0.1, 0.15) is 42.2 Å². The van der Waals surface area contributed by atoms with Gasteiger partial charge in [0.05, 0.1) is 28.0 Å². The number of aldehydes is 1. The first kappa shape index (κ1) is 33.0. The zero-order chi connectivity index (χ0) is 36.5. The van der Waals surface area contributed by atoms with E-state index in [2.05, 4.69) is 0 Å². The number of carbonyl (C=O) groups is 4. The summed E-state index contributed by atoms with van der Waals surface area (Å²) in [4.78, 5) is 55.2. The average molecular weight is 689 g/mol. The molecule has 6 heteroatoms. The Morgan fingerprint density at radius 1 is 0.566 bits per heavy atom. The highest BCUT2D eigenvalue weighted by Gasteiger charge is 2.29. The summed E-state index contributed by atoms with van der Waals surface area (Å²) in [6, 6.07) is 50.8. The molecule has 0 fully saturated rings. The molecule has 0 atom stereocenters. The Labute approximate surface area is 306 Å². The summed E-state index contributed by atoms with van der Waals surface area (Å²) in [6.07, 6.45) is 1.39. The van der Waals surface area contributed by atoms with Gasteiger partial charge in [0.2, 0.25) is 6.41 Å². The quantitative estimate of drug-likeness (QED) is 0.112. The van der Waals surface area contributed by atoms with Crippen LogP contribution in [0.4, 0.5) is 5.69 Å². The number of hydrogen-bond donors (Lipinski definition) is 0. The Bertz CT molecular complexity index is 2640. The number of benzene rings is 7. The first-order valence-corrected chi connectivity index (χ1v) is 17.2. The van der Waals surface area contributed by atoms with Gasteiger partial charge in [-0.15, -0.1) is 0 Å². The number of nitrogens with zero attached hydrogens (tertiary/aromatic N) is 2. The fourth-order valence-corrected chi connectivity index (χ4v) is 7.21. The molecule has 254 valence electrons. The van der Waals surface area contributed by atoms with Gasteiger partial charge in [0.25, 0.3) is 5.91 Å². The van der Waals surface area contributed by atoms with Gasteiger partial charge in [-0.05, 0) is 66.1 Å². The molecule has 0 unspecified atom stereocenters. The third-order valence-corrected chi connectivity index (χ3v) is 9.70. The van der Waals surface area contributed by atoms with Crippen LogP contribution < -0.4 is 4.90 Å². The Kier molecular flexibility index (Phi) is 8.62. The highest BCUT2D eigenvalue weighted by atomic mass is 16.2. The number of fused-ring (bicyclic) bond motifs is 3. The van der Waals surface area contributed by atoms with Gasteiger partial charge in [0.15, 0.2) is 5.78 Å². The van der Waals surface area contributed by atoms with Crippen molar-refractivity contribution in [2.45, 2.75) is 6.92 Å². The number of ketones is 1. The van der Waals surface area contributed by atoms with Crippen molar-refractivity contribution >= 4 is 51.9 Å². The first-order chi connectivity index (χ1) is 26.0. The molecule has 0 radical (unpaired) electrons. The Morgan fingerprint density at radius 3 is 1.74 bits per heavy atom. The molecule has 6 nitrogen and oxygen atoms in total. The fraction of sp³-hybridized carbons (Fsp3) is 0.0213. The fourth-order valence-electron chi connectivity index (χ4n) is 7.21. The summed E-state index contributed by atoms with van der Waals surface area (Å²) >= 11 is 0. The third-order valence-electron chi connectivity index (χ3n) is 9.70. The normalized spacial score (nSPS) is 11.0. The van der Waals surface area contributed by atoms with Gasteiger partial charge < -0.3 is 4.57 Å². The maximum atomic E-state index is 15.1. The van der Waals surface area contributed by atoms with Crippen molar-refractivity contribution in [3.05, 3.63) is 192 Å². The summed E-state index contributed by atoms with van der Waals surface area (Å²) in [5, 5.41) is 1.50. The summed E-state index contributed by atoms with van der Waals surface area (Å²) in [5.74, 6) is -0.622. The monoisotopic (exact) mass is 688 g/mol. The van der Waals surface area contributed by atoms with E-state index in [4.69, 9.17) is 0 Å². The van der Waals surface area contributed by atoms with E-state index >= 15 is 4.79 Å². The van der Waals surface area contributed by atoms with E-state index in [1.54, 1.807) is 30.3 Å². The van der Waals surface area contributed by atoms with Crippen LogP contribution in [-0.2, 0) is 4.79 Å². The van der Waals surface area contributed by atoms with Gasteiger partial charge in [-0.25, -0.2) is 4.90 Å². The molecule has 0 saturated heterocycles. The summed E-state index contributed by atoms with van der Waals surface area (Å²) in [6.45, 7) is 1.86. The largest absolute Gasteiger partial charge is 0.308 e. The van der Waals surface area contributed by atoms with Crippen LogP contribution in [0.15, 0.2) is 164 Å². The van der Waals surface area contributed by atoms with E-state index in [0.717, 1.165) is 50.3 Å². The summed E-state index contributed by atoms with van der Waals surface area (Å²) < 4.78 is 1.97. The van der Waals surface area contributed by atoms with Crippen molar-refractivity contribution in [1.82, 2.24) is 4.57 Å². The van der Waals surface area contributed by atoms with Crippen molar-refractivity contribution < 1.29 is 19.2 Å². The molecular weight excluding hydrogens is 657 g/mol. The van der Waals surface area contributed by atoms with E-state index in [-0.39, 0.29) is 5.78 Å². The number of hydrogen-bond acceptors (Lipinski definition) is 4. The second kappa shape index (κ2) is 13.9. The molecule has 1 heterocycles. The number of anilines is 1. The maximum Gasteiger partial charge on any atom is 0.267 e. The average Bonchev–Trinajstić information content (AvgIpc) is 3.54. The van der Waals surface area contributed by atoms with Crippen molar-refractivity contribution in [3.8, 4) is 27.9 Å². The third kappa shape index (κ3) is 5.82. The molecule has 0 aliphatic rings. The number of amides is 2. The van der Waals surface area contributed by atoms with E-state index in [9.17, 15) is 14.4 Å². The summed E-state index contributed by atoms with van der Waals surface area (Å²) in [7, 11) is 0. The van der Waals surface area contributed by atoms with Gasteiger partial charge in [-0.3, -0.25) is 19.2 Å². The maximum absolute atomic E-state index is 15.1. The molecule has 53 heavy (non-hydrogen) atoms. The number of para-hydroxylation sites is 1. The van der Waals surface area contributed by atoms with Crippen LogP contribution >= 0.6 is 0 Å². The standard InChI is InChI=1S/C47H32N2O4/c1-31-13-11-22-43(49-41-25-23-32(29-50)27-39(41)40-28-36(24-26-42(40)49)46(52)35-18-9-4-10-19-35)44(31)47(53)48(30-51)45-37(33-14-5-2-6-15-33)20-12-21-38(45)34-16-7-3-8-17-34/h2-30H,1H3. The van der Waals surface area contributed by atoms with E-state index in [1.807, 2.05) is 145 Å². The van der Waals surface area contributed by atoms with Crippen LogP contribution in [0.2, 0.25) is 0 Å². The van der Waals surface area contributed by atoms with Crippen LogP contribution in [0.3, 0.4) is 0 Å². The minimum atomic E-state index is -0.496. The van der Waals surface area contributed by atoms with E-state index < -0.39 is 5.91 Å². The number of rotatable bonds is 9. The predicted octanol–water partition coefficient (Wildman–Crippen LogP) is 10.3. The molecule has 0 N–H and O–H groups in total. The van der Waals surface area contributed by atoms with Gasteiger partial charge in [-0.2, -0.15) is 0 Å². The van der Waals surface area contributed by atoms with Crippen molar-refractivity contribution in [2.24, 2.45) is 0 Å². The SMILES string of the molecule is Cc1cccc(-n2c3ccc(C=O)cc3c3cc(C(=O)c4ccccc4)ccc32)c1C(=O)N(C=O)c1c(-c2ccccc2)cccc1-c1ccccc1. The van der Waals surface area contributed by atoms with Crippen LogP contribution in [0.25, 0.3) is 49.7 Å². The number of carbonyl (C=O) groups excluding carboxylic acids is 4.